The van der Waals surface area contributed by atoms with Crippen LogP contribution in [-0.2, 0) is 9.59 Å². The lowest BCUT2D eigenvalue weighted by Crippen LogP contribution is -2.41. The summed E-state index contributed by atoms with van der Waals surface area (Å²) in [6.07, 6.45) is 15.0. The number of aliphatic carboxylic acids is 1. The highest BCUT2D eigenvalue weighted by molar-refractivity contribution is 5.83. The summed E-state index contributed by atoms with van der Waals surface area (Å²) in [5, 5.41) is 11.6. The molecule has 0 saturated carbocycles. The second-order valence-corrected chi connectivity index (χ2v) is 6.47. The van der Waals surface area contributed by atoms with Crippen LogP contribution in [0, 0.1) is 0 Å². The lowest BCUT2D eigenvalue weighted by Gasteiger charge is -2.13. The third-order valence-electron chi connectivity index (χ3n) is 4.01. The van der Waals surface area contributed by atoms with Crippen molar-refractivity contribution in [2.45, 2.75) is 83.6 Å². The smallest absolute Gasteiger partial charge is 0.326 e. The van der Waals surface area contributed by atoms with Gasteiger partial charge in [0, 0.05) is 13.0 Å². The fourth-order valence-electron chi connectivity index (χ4n) is 2.48. The van der Waals surface area contributed by atoms with E-state index < -0.39 is 12.0 Å². The Kier molecular flexibility index (Phi) is 15.1. The average molecular weight is 369 g/mol. The maximum atomic E-state index is 11.8. The quantitative estimate of drug-likeness (QED) is 0.144. The first-order valence-electron chi connectivity index (χ1n) is 9.70. The molecule has 0 aliphatic heterocycles. The second kappa shape index (κ2) is 16.4. The molecule has 0 bridgehead atoms. The van der Waals surface area contributed by atoms with Gasteiger partial charge in [0.15, 0.2) is 5.96 Å². The number of rotatable bonds is 16. The lowest BCUT2D eigenvalue weighted by atomic mass is 10.1. The molecular formula is C19H36N4O3. The van der Waals surface area contributed by atoms with E-state index in [-0.39, 0.29) is 24.8 Å². The van der Waals surface area contributed by atoms with Gasteiger partial charge >= 0.3 is 5.97 Å². The van der Waals surface area contributed by atoms with E-state index in [1.165, 1.54) is 25.7 Å². The van der Waals surface area contributed by atoms with E-state index in [1.807, 2.05) is 0 Å². The first-order chi connectivity index (χ1) is 12.5. The summed E-state index contributed by atoms with van der Waals surface area (Å²) < 4.78 is 0. The Balaban J connectivity index is 3.72. The van der Waals surface area contributed by atoms with E-state index in [9.17, 15) is 9.59 Å². The molecule has 7 nitrogen and oxygen atoms in total. The number of nitrogens with one attached hydrogen (secondary N) is 1. The number of aliphatic imine (C=N–C) groups is 1. The molecule has 0 aromatic carbocycles. The topological polar surface area (TPSA) is 131 Å². The molecule has 0 heterocycles. The number of carboxylic acids is 1. The van der Waals surface area contributed by atoms with Crippen molar-refractivity contribution >= 4 is 17.8 Å². The normalized spacial score (nSPS) is 12.0. The fourth-order valence-corrected chi connectivity index (χ4v) is 2.48. The van der Waals surface area contributed by atoms with Crippen molar-refractivity contribution in [2.24, 2.45) is 16.5 Å². The molecule has 1 atom stereocenters. The Morgan fingerprint density at radius 2 is 1.65 bits per heavy atom. The highest BCUT2D eigenvalue weighted by atomic mass is 16.4. The molecule has 26 heavy (non-hydrogen) atoms. The lowest BCUT2D eigenvalue weighted by molar-refractivity contribution is -0.142. The summed E-state index contributed by atoms with van der Waals surface area (Å²) in [5.74, 6) is -1.39. The number of carbonyl (C=O) groups is 2. The van der Waals surface area contributed by atoms with Gasteiger partial charge < -0.3 is 21.9 Å². The van der Waals surface area contributed by atoms with Crippen LogP contribution >= 0.6 is 0 Å². The van der Waals surface area contributed by atoms with E-state index in [0.717, 1.165) is 32.1 Å². The van der Waals surface area contributed by atoms with Crippen LogP contribution in [0.4, 0.5) is 0 Å². The molecule has 150 valence electrons. The van der Waals surface area contributed by atoms with E-state index in [2.05, 4.69) is 29.4 Å². The minimum Gasteiger partial charge on any atom is -0.480 e. The fraction of sp³-hybridized carbons (Fsp3) is 0.737. The number of allylic oxidation sites excluding steroid dienone is 2. The molecule has 0 aliphatic carbocycles. The third kappa shape index (κ3) is 15.5. The summed E-state index contributed by atoms with van der Waals surface area (Å²) in [6.45, 7) is 2.37. The number of carboxylic acid groups (broad SMARTS) is 1. The maximum Gasteiger partial charge on any atom is 0.326 e. The van der Waals surface area contributed by atoms with E-state index >= 15 is 0 Å². The molecule has 0 spiro atoms. The zero-order chi connectivity index (χ0) is 19.6. The van der Waals surface area contributed by atoms with Gasteiger partial charge in [0.05, 0.1) is 0 Å². The van der Waals surface area contributed by atoms with Crippen LogP contribution in [0.25, 0.3) is 0 Å². The van der Waals surface area contributed by atoms with Crippen molar-refractivity contribution in [1.82, 2.24) is 5.32 Å². The molecular weight excluding hydrogens is 332 g/mol. The van der Waals surface area contributed by atoms with Gasteiger partial charge in [-0.2, -0.15) is 0 Å². The van der Waals surface area contributed by atoms with E-state index in [1.54, 1.807) is 0 Å². The zero-order valence-electron chi connectivity index (χ0n) is 16.1. The van der Waals surface area contributed by atoms with Gasteiger partial charge in [-0.05, 0) is 32.1 Å². The maximum absolute atomic E-state index is 11.8. The first-order valence-corrected chi connectivity index (χ1v) is 9.70. The zero-order valence-corrected chi connectivity index (χ0v) is 16.1. The Hall–Kier alpha value is -2.05. The Morgan fingerprint density at radius 3 is 2.27 bits per heavy atom. The van der Waals surface area contributed by atoms with Gasteiger partial charge in [0.1, 0.15) is 6.04 Å². The van der Waals surface area contributed by atoms with Crippen molar-refractivity contribution in [3.63, 3.8) is 0 Å². The number of carbonyl (C=O) groups excluding carboxylic acids is 1. The molecule has 0 aromatic rings. The highest BCUT2D eigenvalue weighted by Gasteiger charge is 2.18. The van der Waals surface area contributed by atoms with E-state index in [0.29, 0.717) is 6.42 Å². The van der Waals surface area contributed by atoms with Crippen molar-refractivity contribution in [3.8, 4) is 0 Å². The number of hydrogen-bond acceptors (Lipinski definition) is 3. The largest absolute Gasteiger partial charge is 0.480 e. The molecule has 1 amide bonds. The summed E-state index contributed by atoms with van der Waals surface area (Å²) in [7, 11) is 0. The molecule has 0 aromatic heterocycles. The summed E-state index contributed by atoms with van der Waals surface area (Å²) in [4.78, 5) is 26.7. The number of hydrogen-bond donors (Lipinski definition) is 4. The van der Waals surface area contributed by atoms with Crippen LogP contribution < -0.4 is 16.8 Å². The van der Waals surface area contributed by atoms with Crippen LogP contribution in [0.2, 0.25) is 0 Å². The van der Waals surface area contributed by atoms with Crippen molar-refractivity contribution in [1.29, 1.82) is 0 Å². The number of unbranched alkanes of at least 4 members (excludes halogenated alkanes) is 7. The molecule has 0 fully saturated rings. The Bertz CT molecular complexity index is 446. The van der Waals surface area contributed by atoms with Crippen molar-refractivity contribution in [3.05, 3.63) is 12.2 Å². The Labute approximate surface area is 157 Å². The van der Waals surface area contributed by atoms with Crippen LogP contribution in [0.3, 0.4) is 0 Å². The SMILES string of the molecule is CCCC/C=C\CCCCCCCC(=O)N[C@@H](CCN=C(N)N)C(=O)O. The molecule has 0 radical (unpaired) electrons. The van der Waals surface area contributed by atoms with Crippen LogP contribution in [-0.4, -0.2) is 35.5 Å². The van der Waals surface area contributed by atoms with Crippen molar-refractivity contribution in [2.75, 3.05) is 6.54 Å². The highest BCUT2D eigenvalue weighted by Crippen LogP contribution is 2.08. The summed E-state index contributed by atoms with van der Waals surface area (Å²) in [6, 6.07) is -0.954. The average Bonchev–Trinajstić information content (AvgIpc) is 2.58. The van der Waals surface area contributed by atoms with Gasteiger partial charge in [-0.25, -0.2) is 4.79 Å². The minimum absolute atomic E-state index is 0.0862. The predicted octanol–water partition coefficient (Wildman–Crippen LogP) is 2.70. The summed E-state index contributed by atoms with van der Waals surface area (Å²) >= 11 is 0. The van der Waals surface area contributed by atoms with Crippen LogP contribution in [0.1, 0.15) is 77.6 Å². The summed E-state index contributed by atoms with van der Waals surface area (Å²) in [5.41, 5.74) is 10.4. The predicted molar refractivity (Wildman–Crippen MR) is 106 cm³/mol. The van der Waals surface area contributed by atoms with Crippen LogP contribution in [0.5, 0.6) is 0 Å². The van der Waals surface area contributed by atoms with Gasteiger partial charge in [-0.1, -0.05) is 51.2 Å². The minimum atomic E-state index is -1.07. The second-order valence-electron chi connectivity index (χ2n) is 6.47. The standard InChI is InChI=1S/C19H36N4O3/c1-2-3-4-5-6-7-8-9-10-11-12-13-17(24)23-16(18(25)26)14-15-22-19(20)21/h5-6,16H,2-4,7-15H2,1H3,(H,23,24)(H,25,26)(H4,20,21,22)/b6-5-/t16-/m0/s1. The molecule has 0 rings (SSSR count). The van der Waals surface area contributed by atoms with Gasteiger partial charge in [0.25, 0.3) is 0 Å². The molecule has 7 heteroatoms. The monoisotopic (exact) mass is 368 g/mol. The number of guanidine groups is 1. The number of nitrogens with zero attached hydrogens (tertiary/aromatic N) is 1. The third-order valence-corrected chi connectivity index (χ3v) is 4.01. The number of nitrogens with two attached hydrogens (primary N) is 2. The molecule has 0 aliphatic rings. The molecule has 0 unspecified atom stereocenters. The molecule has 6 N–H and O–H groups in total. The Morgan fingerprint density at radius 1 is 1.04 bits per heavy atom. The van der Waals surface area contributed by atoms with Crippen LogP contribution in [0.15, 0.2) is 17.1 Å². The van der Waals surface area contributed by atoms with Gasteiger partial charge in [-0.15, -0.1) is 0 Å². The van der Waals surface area contributed by atoms with E-state index in [4.69, 9.17) is 16.6 Å². The molecule has 0 saturated heterocycles. The van der Waals surface area contributed by atoms with Crippen molar-refractivity contribution < 1.29 is 14.7 Å². The van der Waals surface area contributed by atoms with Gasteiger partial charge in [0.2, 0.25) is 5.91 Å². The first kappa shape index (κ1) is 23.9. The number of amides is 1. The van der Waals surface area contributed by atoms with Gasteiger partial charge in [-0.3, -0.25) is 9.79 Å².